The maximum atomic E-state index is 4.67. The van der Waals surface area contributed by atoms with Crippen LogP contribution in [-0.4, -0.2) is 55.1 Å². The van der Waals surface area contributed by atoms with Gasteiger partial charge in [-0.3, -0.25) is 5.01 Å². The van der Waals surface area contributed by atoms with Crippen LogP contribution in [0.3, 0.4) is 0 Å². The molecule has 2 aromatic rings. The molecule has 1 atom stereocenters. The number of benzene rings is 1. The van der Waals surface area contributed by atoms with Crippen LogP contribution in [0.1, 0.15) is 18.4 Å². The monoisotopic (exact) mass is 354 g/mol. The van der Waals surface area contributed by atoms with Crippen molar-refractivity contribution < 1.29 is 0 Å². The smallest absolute Gasteiger partial charge is 0.241 e. The second kappa shape index (κ2) is 9.50. The van der Waals surface area contributed by atoms with Crippen LogP contribution >= 0.6 is 0 Å². The van der Waals surface area contributed by atoms with E-state index in [1.54, 1.807) is 0 Å². The van der Waals surface area contributed by atoms with Crippen LogP contribution in [0, 0.1) is 5.92 Å². The summed E-state index contributed by atoms with van der Waals surface area (Å²) >= 11 is 0. The molecular formula is C20H30N6. The highest BCUT2D eigenvalue weighted by Gasteiger charge is 2.19. The summed E-state index contributed by atoms with van der Waals surface area (Å²) in [5, 5.41) is 5.46. The zero-order valence-electron chi connectivity index (χ0n) is 15.9. The van der Waals surface area contributed by atoms with E-state index in [4.69, 9.17) is 0 Å². The molecule has 1 fully saturated rings. The number of rotatable bonds is 7. The maximum Gasteiger partial charge on any atom is 0.241 e. The lowest BCUT2D eigenvalue weighted by Crippen LogP contribution is -2.40. The standard InChI is InChI=1S/C20H30N6/c1-25(2)14-12-21-19-10-11-22-20(24-19)26-13-6-9-18(16-23-26)15-17-7-4-3-5-8-17/h3-5,7-8,10-11,18,23H,6,9,12-16H2,1-2H3,(H,21,22,24). The summed E-state index contributed by atoms with van der Waals surface area (Å²) < 4.78 is 0. The van der Waals surface area contributed by atoms with Crippen LogP contribution in [0.5, 0.6) is 0 Å². The molecule has 1 aromatic heterocycles. The van der Waals surface area contributed by atoms with Gasteiger partial charge in [0.15, 0.2) is 0 Å². The Bertz CT molecular complexity index is 660. The van der Waals surface area contributed by atoms with Gasteiger partial charge in [-0.1, -0.05) is 30.3 Å². The second-order valence-corrected chi connectivity index (χ2v) is 7.18. The predicted octanol–water partition coefficient (Wildman–Crippen LogP) is 2.41. The topological polar surface area (TPSA) is 56.3 Å². The molecular weight excluding hydrogens is 324 g/mol. The van der Waals surface area contributed by atoms with E-state index >= 15 is 0 Å². The first-order valence-electron chi connectivity index (χ1n) is 9.47. The summed E-state index contributed by atoms with van der Waals surface area (Å²) in [6, 6.07) is 12.7. The first-order valence-corrected chi connectivity index (χ1v) is 9.47. The molecule has 2 heterocycles. The highest BCUT2D eigenvalue weighted by Crippen LogP contribution is 2.19. The van der Waals surface area contributed by atoms with Gasteiger partial charge in [-0.2, -0.15) is 4.98 Å². The Morgan fingerprint density at radius 2 is 2.08 bits per heavy atom. The van der Waals surface area contributed by atoms with Crippen LogP contribution in [0.4, 0.5) is 11.8 Å². The Balaban J connectivity index is 1.55. The second-order valence-electron chi connectivity index (χ2n) is 7.18. The van der Waals surface area contributed by atoms with Crippen molar-refractivity contribution in [3.8, 4) is 0 Å². The van der Waals surface area contributed by atoms with Crippen molar-refractivity contribution in [2.45, 2.75) is 19.3 Å². The van der Waals surface area contributed by atoms with Crippen molar-refractivity contribution in [3.63, 3.8) is 0 Å². The zero-order chi connectivity index (χ0) is 18.2. The van der Waals surface area contributed by atoms with Crippen LogP contribution in [0.15, 0.2) is 42.6 Å². The molecule has 140 valence electrons. The van der Waals surface area contributed by atoms with Crippen molar-refractivity contribution in [1.29, 1.82) is 0 Å². The summed E-state index contributed by atoms with van der Waals surface area (Å²) in [5.41, 5.74) is 4.96. The van der Waals surface area contributed by atoms with Crippen molar-refractivity contribution in [2.24, 2.45) is 5.92 Å². The van der Waals surface area contributed by atoms with Gasteiger partial charge in [0.2, 0.25) is 5.95 Å². The number of hydrazine groups is 1. The number of aromatic nitrogens is 2. The molecule has 6 nitrogen and oxygen atoms in total. The molecule has 26 heavy (non-hydrogen) atoms. The molecule has 0 amide bonds. The molecule has 2 N–H and O–H groups in total. The van der Waals surface area contributed by atoms with Gasteiger partial charge in [0.25, 0.3) is 0 Å². The Morgan fingerprint density at radius 1 is 1.23 bits per heavy atom. The minimum Gasteiger partial charge on any atom is -0.369 e. The van der Waals surface area contributed by atoms with E-state index < -0.39 is 0 Å². The Hall–Kier alpha value is -2.18. The lowest BCUT2D eigenvalue weighted by molar-refractivity contribution is 0.425. The van der Waals surface area contributed by atoms with Crippen molar-refractivity contribution >= 4 is 11.8 Å². The van der Waals surface area contributed by atoms with Crippen LogP contribution in [-0.2, 0) is 6.42 Å². The van der Waals surface area contributed by atoms with Crippen LogP contribution in [0.25, 0.3) is 0 Å². The first kappa shape index (κ1) is 18.6. The number of anilines is 2. The Morgan fingerprint density at radius 3 is 2.88 bits per heavy atom. The van der Waals surface area contributed by atoms with E-state index in [9.17, 15) is 0 Å². The fraction of sp³-hybridized carbons (Fsp3) is 0.500. The van der Waals surface area contributed by atoms with E-state index in [1.807, 2.05) is 12.3 Å². The highest BCUT2D eigenvalue weighted by molar-refractivity contribution is 5.40. The molecule has 0 radical (unpaired) electrons. The van der Waals surface area contributed by atoms with Gasteiger partial charge in [0, 0.05) is 32.4 Å². The molecule has 0 spiro atoms. The first-order chi connectivity index (χ1) is 12.7. The number of likely N-dealkylation sites (N-methyl/N-ethyl adjacent to an activating group) is 1. The van der Waals surface area contributed by atoms with Crippen molar-refractivity contribution in [2.75, 3.05) is 50.6 Å². The average molecular weight is 355 g/mol. The number of hydrogen-bond acceptors (Lipinski definition) is 6. The molecule has 1 unspecified atom stereocenters. The van der Waals surface area contributed by atoms with Gasteiger partial charge in [-0.05, 0) is 50.9 Å². The summed E-state index contributed by atoms with van der Waals surface area (Å²) in [6.07, 6.45) is 5.31. The van der Waals surface area contributed by atoms with Gasteiger partial charge >= 0.3 is 0 Å². The number of hydrogen-bond donors (Lipinski definition) is 2. The van der Waals surface area contributed by atoms with E-state index in [0.717, 1.165) is 50.8 Å². The van der Waals surface area contributed by atoms with E-state index in [0.29, 0.717) is 5.92 Å². The summed E-state index contributed by atoms with van der Waals surface area (Å²) in [6.45, 7) is 3.74. The van der Waals surface area contributed by atoms with Crippen LogP contribution in [0.2, 0.25) is 0 Å². The van der Waals surface area contributed by atoms with Crippen molar-refractivity contribution in [1.82, 2.24) is 20.3 Å². The van der Waals surface area contributed by atoms with Gasteiger partial charge in [-0.15, -0.1) is 0 Å². The third kappa shape index (κ3) is 5.68. The highest BCUT2D eigenvalue weighted by atomic mass is 15.5. The third-order valence-corrected chi connectivity index (χ3v) is 4.68. The Kier molecular flexibility index (Phi) is 6.80. The van der Waals surface area contributed by atoms with E-state index in [2.05, 4.69) is 75.0 Å². The average Bonchev–Trinajstić information content (AvgIpc) is 2.88. The zero-order valence-corrected chi connectivity index (χ0v) is 15.9. The molecule has 3 rings (SSSR count). The summed E-state index contributed by atoms with van der Waals surface area (Å²) in [5.74, 6) is 2.27. The molecule has 0 bridgehead atoms. The van der Waals surface area contributed by atoms with Crippen molar-refractivity contribution in [3.05, 3.63) is 48.2 Å². The third-order valence-electron chi connectivity index (χ3n) is 4.68. The van der Waals surface area contributed by atoms with Gasteiger partial charge < -0.3 is 10.2 Å². The fourth-order valence-corrected chi connectivity index (χ4v) is 3.24. The minimum absolute atomic E-state index is 0.642. The van der Waals surface area contributed by atoms with E-state index in [-0.39, 0.29) is 0 Å². The Labute approximate surface area is 156 Å². The predicted molar refractivity (Wildman–Crippen MR) is 107 cm³/mol. The quantitative estimate of drug-likeness (QED) is 0.796. The molecule has 1 aromatic carbocycles. The molecule has 0 aliphatic carbocycles. The lowest BCUT2D eigenvalue weighted by atomic mass is 9.95. The molecule has 1 saturated heterocycles. The largest absolute Gasteiger partial charge is 0.369 e. The summed E-state index contributed by atoms with van der Waals surface area (Å²) in [7, 11) is 4.14. The van der Waals surface area contributed by atoms with E-state index in [1.165, 1.54) is 12.0 Å². The number of nitrogens with one attached hydrogen (secondary N) is 2. The maximum absolute atomic E-state index is 4.67. The molecule has 1 aliphatic rings. The molecule has 1 aliphatic heterocycles. The fourth-order valence-electron chi connectivity index (χ4n) is 3.24. The summed E-state index contributed by atoms with van der Waals surface area (Å²) in [4.78, 5) is 11.3. The number of nitrogens with zero attached hydrogens (tertiary/aromatic N) is 4. The van der Waals surface area contributed by atoms with Gasteiger partial charge in [-0.25, -0.2) is 10.4 Å². The normalized spacial score (nSPS) is 18.0. The lowest BCUT2D eigenvalue weighted by Gasteiger charge is -2.22. The SMILES string of the molecule is CN(C)CCNc1ccnc(N2CCCC(Cc3ccccc3)CN2)n1. The molecule has 6 heteroatoms. The van der Waals surface area contributed by atoms with Crippen LogP contribution < -0.4 is 15.8 Å². The minimum atomic E-state index is 0.642. The molecule has 0 saturated carbocycles. The van der Waals surface area contributed by atoms with Gasteiger partial charge in [0.1, 0.15) is 5.82 Å². The van der Waals surface area contributed by atoms with Gasteiger partial charge in [0.05, 0.1) is 0 Å².